The fraction of sp³-hybridized carbons (Fsp3) is 0.953. The van der Waals surface area contributed by atoms with Crippen molar-refractivity contribution in [2.75, 3.05) is 13.1 Å². The average Bonchev–Trinajstić information content (AvgIpc) is 3.43. The van der Waals surface area contributed by atoms with Gasteiger partial charge in [0.25, 0.3) is 0 Å². The summed E-state index contributed by atoms with van der Waals surface area (Å²) in [7, 11) is 0. The smallest absolute Gasteiger partial charge is 0.101 e. The van der Waals surface area contributed by atoms with E-state index < -0.39 is 0 Å². The van der Waals surface area contributed by atoms with Crippen LogP contribution in [0.3, 0.4) is 0 Å². The predicted octanol–water partition coefficient (Wildman–Crippen LogP) is 15.1. The summed E-state index contributed by atoms with van der Waals surface area (Å²) in [6.45, 7) is 9.49. The maximum absolute atomic E-state index is 2.72. The first kappa shape index (κ1) is 42.4. The first-order valence-corrected chi connectivity index (χ1v) is 21.5. The topological polar surface area (TPSA) is 6.48 Å². The number of rotatable bonds is 37. The molecule has 0 saturated carbocycles. The van der Waals surface area contributed by atoms with Crippen LogP contribution in [0.15, 0.2) is 12.4 Å². The summed E-state index contributed by atoms with van der Waals surface area (Å²) < 4.78 is 0. The van der Waals surface area contributed by atoms with Gasteiger partial charge in [-0.25, -0.2) is 0 Å². The summed E-state index contributed by atoms with van der Waals surface area (Å²) in [5, 5.41) is 0. The number of hydrogen-bond donors (Lipinski definition) is 0. The van der Waals surface area contributed by atoms with Crippen LogP contribution in [-0.2, 0) is 0 Å². The maximum Gasteiger partial charge on any atom is 0.101 e. The largest absolute Gasteiger partial charge is 0.356 e. The Morgan fingerprint density at radius 2 is 0.511 bits per heavy atom. The molecule has 0 radical (unpaired) electrons. The molecule has 0 aromatic carbocycles. The first-order chi connectivity index (χ1) is 22.3. The Labute approximate surface area is 286 Å². The monoisotopic (exact) mass is 631 g/mol. The van der Waals surface area contributed by atoms with Crippen molar-refractivity contribution < 1.29 is 0 Å². The van der Waals surface area contributed by atoms with Crippen LogP contribution in [0.2, 0.25) is 0 Å². The molecule has 45 heavy (non-hydrogen) atoms. The van der Waals surface area contributed by atoms with E-state index >= 15 is 0 Å². The zero-order chi connectivity index (χ0) is 32.3. The summed E-state index contributed by atoms with van der Waals surface area (Å²) in [5.41, 5.74) is 0. The lowest BCUT2D eigenvalue weighted by Crippen LogP contribution is -2.39. The molecule has 0 aromatic rings. The average molecular weight is 631 g/mol. The van der Waals surface area contributed by atoms with Crippen LogP contribution in [0.5, 0.6) is 0 Å². The van der Waals surface area contributed by atoms with Crippen molar-refractivity contribution in [2.45, 2.75) is 252 Å². The summed E-state index contributed by atoms with van der Waals surface area (Å²) in [4.78, 5) is 5.45. The molecule has 0 aliphatic carbocycles. The van der Waals surface area contributed by atoms with E-state index in [9.17, 15) is 0 Å². The fourth-order valence-electron chi connectivity index (χ4n) is 7.42. The van der Waals surface area contributed by atoms with Crippen molar-refractivity contribution in [3.05, 3.63) is 12.4 Å². The van der Waals surface area contributed by atoms with Crippen molar-refractivity contribution in [1.82, 2.24) is 9.80 Å². The quantitative estimate of drug-likeness (QED) is 0.0630. The Hall–Kier alpha value is -0.660. The van der Waals surface area contributed by atoms with Gasteiger partial charge in [0, 0.05) is 25.5 Å². The molecule has 1 heterocycles. The Morgan fingerprint density at radius 1 is 0.289 bits per heavy atom. The molecule has 1 atom stereocenters. The van der Waals surface area contributed by atoms with Crippen LogP contribution >= 0.6 is 0 Å². The van der Waals surface area contributed by atoms with E-state index in [1.165, 1.54) is 238 Å². The lowest BCUT2D eigenvalue weighted by Gasteiger charge is -2.33. The van der Waals surface area contributed by atoms with Gasteiger partial charge in [0.15, 0.2) is 0 Å². The standard InChI is InChI=1S/C43H86N2/c1-4-7-10-13-16-19-21-23-24-26-28-31-34-37-40-45-42-41-44(43(45)38-35-32-29-18-15-12-9-6-3)39-36-33-30-27-25-22-20-17-14-11-8-5-2/h41-43H,4-40H2,1-3H3. The van der Waals surface area contributed by atoms with E-state index in [4.69, 9.17) is 0 Å². The third-order valence-corrected chi connectivity index (χ3v) is 10.6. The summed E-state index contributed by atoms with van der Waals surface area (Å²) in [5.74, 6) is 0. The summed E-state index contributed by atoms with van der Waals surface area (Å²) in [6.07, 6.45) is 55.9. The Morgan fingerprint density at radius 3 is 0.778 bits per heavy atom. The van der Waals surface area contributed by atoms with Gasteiger partial charge < -0.3 is 9.80 Å². The molecular weight excluding hydrogens is 544 g/mol. The van der Waals surface area contributed by atoms with Gasteiger partial charge in [0.05, 0.1) is 0 Å². The minimum atomic E-state index is 0.639. The molecule has 0 bridgehead atoms. The van der Waals surface area contributed by atoms with Gasteiger partial charge in [0.1, 0.15) is 6.17 Å². The number of nitrogens with zero attached hydrogens (tertiary/aromatic N) is 2. The highest BCUT2D eigenvalue weighted by molar-refractivity contribution is 4.97. The highest BCUT2D eigenvalue weighted by atomic mass is 15.4. The van der Waals surface area contributed by atoms with Gasteiger partial charge >= 0.3 is 0 Å². The number of hydrogen-bond acceptors (Lipinski definition) is 2. The van der Waals surface area contributed by atoms with Crippen LogP contribution < -0.4 is 0 Å². The van der Waals surface area contributed by atoms with Crippen molar-refractivity contribution in [3.63, 3.8) is 0 Å². The molecule has 0 saturated heterocycles. The zero-order valence-electron chi connectivity index (χ0n) is 31.8. The fourth-order valence-corrected chi connectivity index (χ4v) is 7.42. The van der Waals surface area contributed by atoms with Gasteiger partial charge in [-0.15, -0.1) is 0 Å². The second-order valence-corrected chi connectivity index (χ2v) is 15.0. The highest BCUT2D eigenvalue weighted by Gasteiger charge is 2.24. The second kappa shape index (κ2) is 34.7. The molecule has 1 aliphatic rings. The SMILES string of the molecule is CCCCCCCCCCCCCCCCN1C=CN(CCCCCCCCCCCCCC)C1CCCCCCCCCC. The molecule has 1 unspecified atom stereocenters. The molecule has 0 N–H and O–H groups in total. The van der Waals surface area contributed by atoms with E-state index in [2.05, 4.69) is 43.0 Å². The summed E-state index contributed by atoms with van der Waals surface area (Å²) >= 11 is 0. The molecule has 1 aliphatic heterocycles. The molecule has 0 fully saturated rings. The first-order valence-electron chi connectivity index (χ1n) is 21.5. The highest BCUT2D eigenvalue weighted by Crippen LogP contribution is 2.24. The molecule has 0 spiro atoms. The molecular formula is C43H86N2. The lowest BCUT2D eigenvalue weighted by atomic mass is 10.0. The molecule has 2 heteroatoms. The van der Waals surface area contributed by atoms with E-state index in [0.717, 1.165) is 0 Å². The molecule has 0 aromatic heterocycles. The Kier molecular flexibility index (Phi) is 32.6. The van der Waals surface area contributed by atoms with Crippen molar-refractivity contribution >= 4 is 0 Å². The minimum Gasteiger partial charge on any atom is -0.356 e. The molecule has 0 amide bonds. The van der Waals surface area contributed by atoms with Gasteiger partial charge in [0.2, 0.25) is 0 Å². The third-order valence-electron chi connectivity index (χ3n) is 10.6. The minimum absolute atomic E-state index is 0.639. The van der Waals surface area contributed by atoms with E-state index in [0.29, 0.717) is 6.17 Å². The predicted molar refractivity (Wildman–Crippen MR) is 205 cm³/mol. The van der Waals surface area contributed by atoms with Crippen LogP contribution in [0.25, 0.3) is 0 Å². The maximum atomic E-state index is 2.72. The number of unbranched alkanes of at least 4 members (excludes halogenated alkanes) is 31. The van der Waals surface area contributed by atoms with E-state index in [1.54, 1.807) is 0 Å². The normalized spacial score (nSPS) is 14.8. The van der Waals surface area contributed by atoms with E-state index in [-0.39, 0.29) is 0 Å². The molecule has 268 valence electrons. The van der Waals surface area contributed by atoms with Gasteiger partial charge in [-0.05, 0) is 25.7 Å². The third kappa shape index (κ3) is 27.0. The zero-order valence-corrected chi connectivity index (χ0v) is 31.8. The van der Waals surface area contributed by atoms with Gasteiger partial charge in [-0.1, -0.05) is 220 Å². The van der Waals surface area contributed by atoms with Crippen molar-refractivity contribution in [3.8, 4) is 0 Å². The Balaban J connectivity index is 2.18. The van der Waals surface area contributed by atoms with Crippen molar-refractivity contribution in [2.24, 2.45) is 0 Å². The lowest BCUT2D eigenvalue weighted by molar-refractivity contribution is 0.135. The van der Waals surface area contributed by atoms with Crippen LogP contribution in [-0.4, -0.2) is 29.1 Å². The van der Waals surface area contributed by atoms with Crippen molar-refractivity contribution in [1.29, 1.82) is 0 Å². The van der Waals surface area contributed by atoms with Crippen LogP contribution in [0.1, 0.15) is 245 Å². The second-order valence-electron chi connectivity index (χ2n) is 15.0. The van der Waals surface area contributed by atoms with E-state index in [1.807, 2.05) is 0 Å². The van der Waals surface area contributed by atoms with Crippen LogP contribution in [0, 0.1) is 0 Å². The summed E-state index contributed by atoms with van der Waals surface area (Å²) in [6, 6.07) is 0. The molecule has 1 rings (SSSR count). The molecule has 2 nitrogen and oxygen atoms in total. The van der Waals surface area contributed by atoms with Gasteiger partial charge in [-0.2, -0.15) is 0 Å². The van der Waals surface area contributed by atoms with Crippen LogP contribution in [0.4, 0.5) is 0 Å². The van der Waals surface area contributed by atoms with Gasteiger partial charge in [-0.3, -0.25) is 0 Å². The Bertz CT molecular complexity index is 586.